The number of halogens is 2. The summed E-state index contributed by atoms with van der Waals surface area (Å²) in [6.07, 6.45) is 3.95. The van der Waals surface area contributed by atoms with Crippen molar-refractivity contribution in [3.05, 3.63) is 45.5 Å². The van der Waals surface area contributed by atoms with Crippen LogP contribution in [0.2, 0.25) is 0 Å². The zero-order valence-corrected chi connectivity index (χ0v) is 16.1. The summed E-state index contributed by atoms with van der Waals surface area (Å²) in [4.78, 5) is 30.4. The predicted octanol–water partition coefficient (Wildman–Crippen LogP) is 1.28. The minimum atomic E-state index is -1.48. The highest BCUT2D eigenvalue weighted by molar-refractivity contribution is 6.00. The average molecular weight is 421 g/mol. The number of hydroxylamine groups is 1. The minimum Gasteiger partial charge on any atom is -0.477 e. The maximum atomic E-state index is 15.7. The van der Waals surface area contributed by atoms with Crippen molar-refractivity contribution in [2.75, 3.05) is 30.8 Å². The van der Waals surface area contributed by atoms with Gasteiger partial charge in [0.25, 0.3) is 0 Å². The molecule has 6 N–H and O–H groups in total. The Morgan fingerprint density at radius 2 is 2.07 bits per heavy atom. The van der Waals surface area contributed by atoms with Crippen molar-refractivity contribution in [3.8, 4) is 0 Å². The van der Waals surface area contributed by atoms with Gasteiger partial charge in [0.05, 0.1) is 29.4 Å². The number of aromatic carboxylic acids is 1. The molecule has 2 heterocycles. The maximum Gasteiger partial charge on any atom is 0.341 e. The first-order valence-electron chi connectivity index (χ1n) is 9.36. The van der Waals surface area contributed by atoms with Crippen molar-refractivity contribution < 1.29 is 23.5 Å². The van der Waals surface area contributed by atoms with Crippen LogP contribution in [0.5, 0.6) is 0 Å². The Bertz CT molecular complexity index is 1140. The Balaban J connectivity index is 2.00. The highest BCUT2D eigenvalue weighted by Crippen LogP contribution is 2.42. The number of carbonyl (C=O) groups is 1. The fraction of sp³-hybridized carbons (Fsp3) is 0.368. The molecule has 0 bridgehead atoms. The monoisotopic (exact) mass is 421 g/mol. The fourth-order valence-electron chi connectivity index (χ4n) is 3.84. The molecular weight excluding hydrogens is 400 g/mol. The second-order valence-corrected chi connectivity index (χ2v) is 7.40. The standard InChI is InChI=1S/C19H21F2N5O4/c1-30-24-11-7-25(5-8(11)4-22)17-13(20)15(23)12-16(14(17)21)26(9-2-3-9)6-10(18(12)27)19(28)29/h6-9,24H,2-5,22-23H2,1H3,(H,28,29). The van der Waals surface area contributed by atoms with E-state index in [2.05, 4.69) is 5.48 Å². The number of hydrogen-bond donors (Lipinski definition) is 4. The lowest BCUT2D eigenvalue weighted by molar-refractivity contribution is 0.0695. The van der Waals surface area contributed by atoms with Gasteiger partial charge < -0.3 is 26.0 Å². The number of pyridine rings is 1. The van der Waals surface area contributed by atoms with Gasteiger partial charge in [0.2, 0.25) is 5.43 Å². The number of anilines is 2. The van der Waals surface area contributed by atoms with Gasteiger partial charge in [-0.15, -0.1) is 0 Å². The third kappa shape index (κ3) is 2.97. The Morgan fingerprint density at radius 3 is 2.63 bits per heavy atom. The average Bonchev–Trinajstić information content (AvgIpc) is 3.47. The molecule has 0 amide bonds. The molecule has 1 saturated carbocycles. The van der Waals surface area contributed by atoms with E-state index in [9.17, 15) is 14.7 Å². The van der Waals surface area contributed by atoms with Gasteiger partial charge in [0.15, 0.2) is 11.6 Å². The van der Waals surface area contributed by atoms with Crippen molar-refractivity contribution in [2.45, 2.75) is 18.9 Å². The summed E-state index contributed by atoms with van der Waals surface area (Å²) in [5.74, 6) is -3.86. The molecule has 4 rings (SSSR count). The molecule has 11 heteroatoms. The first kappa shape index (κ1) is 20.1. The number of carboxylic acid groups (broad SMARTS) is 1. The molecule has 9 nitrogen and oxygen atoms in total. The first-order chi connectivity index (χ1) is 14.3. The lowest BCUT2D eigenvalue weighted by atomic mass is 10.1. The predicted molar refractivity (Wildman–Crippen MR) is 106 cm³/mol. The lowest BCUT2D eigenvalue weighted by Crippen LogP contribution is -2.28. The summed E-state index contributed by atoms with van der Waals surface area (Å²) < 4.78 is 32.3. The number of hydrogen-bond acceptors (Lipinski definition) is 7. The third-order valence-corrected chi connectivity index (χ3v) is 5.48. The molecule has 1 aliphatic carbocycles. The third-order valence-electron chi connectivity index (χ3n) is 5.48. The van der Waals surface area contributed by atoms with E-state index >= 15 is 8.78 Å². The zero-order chi connectivity index (χ0) is 21.7. The van der Waals surface area contributed by atoms with Gasteiger partial charge in [-0.2, -0.15) is 0 Å². The largest absolute Gasteiger partial charge is 0.477 e. The lowest BCUT2D eigenvalue weighted by Gasteiger charge is -2.22. The van der Waals surface area contributed by atoms with Gasteiger partial charge in [-0.25, -0.2) is 13.6 Å². The van der Waals surface area contributed by atoms with Gasteiger partial charge >= 0.3 is 5.97 Å². The van der Waals surface area contributed by atoms with Crippen molar-refractivity contribution in [2.24, 2.45) is 11.7 Å². The van der Waals surface area contributed by atoms with Crippen molar-refractivity contribution in [1.82, 2.24) is 10.0 Å². The van der Waals surface area contributed by atoms with Crippen LogP contribution in [0.3, 0.4) is 0 Å². The van der Waals surface area contributed by atoms with Crippen LogP contribution in [-0.4, -0.2) is 35.8 Å². The molecule has 1 aliphatic heterocycles. The molecule has 1 aromatic heterocycles. The van der Waals surface area contributed by atoms with Crippen LogP contribution in [0.25, 0.3) is 10.9 Å². The molecule has 0 saturated heterocycles. The van der Waals surface area contributed by atoms with Crippen LogP contribution >= 0.6 is 0 Å². The van der Waals surface area contributed by atoms with Crippen LogP contribution < -0.4 is 27.3 Å². The van der Waals surface area contributed by atoms with Crippen molar-refractivity contribution in [1.29, 1.82) is 0 Å². The van der Waals surface area contributed by atoms with Crippen LogP contribution in [0.4, 0.5) is 20.2 Å². The van der Waals surface area contributed by atoms with E-state index < -0.39 is 45.4 Å². The molecule has 160 valence electrons. The normalized spacial score (nSPS) is 18.7. The van der Waals surface area contributed by atoms with E-state index in [0.29, 0.717) is 18.5 Å². The number of nitrogen functional groups attached to an aromatic ring is 1. The number of benzene rings is 1. The Hall–Kier alpha value is -3.18. The van der Waals surface area contributed by atoms with Gasteiger partial charge in [-0.3, -0.25) is 15.1 Å². The van der Waals surface area contributed by atoms with Crippen molar-refractivity contribution >= 4 is 28.2 Å². The Morgan fingerprint density at radius 1 is 1.37 bits per heavy atom. The number of nitrogens with one attached hydrogen (secondary N) is 1. The van der Waals surface area contributed by atoms with Crippen LogP contribution in [0, 0.1) is 17.6 Å². The SMILES string of the molecule is CONC1=CN(c2c(F)c(N)c3c(=O)c(C(=O)O)cn(C4CC4)c3c2F)CC1CN. The quantitative estimate of drug-likeness (QED) is 0.405. The Kier molecular flexibility index (Phi) is 4.86. The second-order valence-electron chi connectivity index (χ2n) is 7.40. The van der Waals surface area contributed by atoms with E-state index in [1.54, 1.807) is 0 Å². The van der Waals surface area contributed by atoms with Gasteiger partial charge in [-0.1, -0.05) is 0 Å². The molecule has 0 spiro atoms. The number of rotatable bonds is 6. The molecular formula is C19H21F2N5O4. The summed E-state index contributed by atoms with van der Waals surface area (Å²) in [5.41, 5.74) is 12.0. The molecule has 1 fully saturated rings. The molecule has 30 heavy (non-hydrogen) atoms. The molecule has 2 aromatic rings. The molecule has 0 radical (unpaired) electrons. The number of nitrogens with zero attached hydrogens (tertiary/aromatic N) is 2. The van der Waals surface area contributed by atoms with E-state index in [4.69, 9.17) is 16.3 Å². The molecule has 1 unspecified atom stereocenters. The van der Waals surface area contributed by atoms with Gasteiger partial charge in [0.1, 0.15) is 11.3 Å². The minimum absolute atomic E-state index is 0.169. The van der Waals surface area contributed by atoms with E-state index in [1.807, 2.05) is 0 Å². The number of nitrogens with two attached hydrogens (primary N) is 2. The maximum absolute atomic E-state index is 15.7. The number of fused-ring (bicyclic) bond motifs is 1. The molecule has 1 aromatic carbocycles. The summed E-state index contributed by atoms with van der Waals surface area (Å²) >= 11 is 0. The summed E-state index contributed by atoms with van der Waals surface area (Å²) in [6.45, 7) is 0.377. The van der Waals surface area contributed by atoms with Crippen molar-refractivity contribution in [3.63, 3.8) is 0 Å². The summed E-state index contributed by atoms with van der Waals surface area (Å²) in [6, 6.07) is -0.185. The van der Waals surface area contributed by atoms with Gasteiger partial charge in [0, 0.05) is 37.4 Å². The Labute approximate surface area is 169 Å². The first-order valence-corrected chi connectivity index (χ1v) is 9.36. The van der Waals surface area contributed by atoms with Gasteiger partial charge in [-0.05, 0) is 12.8 Å². The number of aromatic nitrogens is 1. The second kappa shape index (κ2) is 7.26. The van der Waals surface area contributed by atoms with Crippen LogP contribution in [-0.2, 0) is 4.84 Å². The summed E-state index contributed by atoms with van der Waals surface area (Å²) in [5, 5.41) is 8.89. The summed E-state index contributed by atoms with van der Waals surface area (Å²) in [7, 11) is 1.40. The van der Waals surface area contributed by atoms with E-state index in [0.717, 1.165) is 6.20 Å². The highest BCUT2D eigenvalue weighted by atomic mass is 19.1. The molecule has 2 aliphatic rings. The topological polar surface area (TPSA) is 136 Å². The molecule has 1 atom stereocenters. The van der Waals surface area contributed by atoms with Crippen LogP contribution in [0.15, 0.2) is 22.9 Å². The highest BCUT2D eigenvalue weighted by Gasteiger charge is 2.34. The fourth-order valence-corrected chi connectivity index (χ4v) is 3.84. The smallest absolute Gasteiger partial charge is 0.341 e. The number of carboxylic acids is 1. The zero-order valence-electron chi connectivity index (χ0n) is 16.1. The van der Waals surface area contributed by atoms with E-state index in [-0.39, 0.29) is 30.6 Å². The van der Waals surface area contributed by atoms with Crippen LogP contribution in [0.1, 0.15) is 29.2 Å². The van der Waals surface area contributed by atoms with E-state index in [1.165, 1.54) is 22.8 Å².